The van der Waals surface area contributed by atoms with Gasteiger partial charge in [-0.2, -0.15) is 0 Å². The van der Waals surface area contributed by atoms with Gasteiger partial charge in [-0.15, -0.1) is 0 Å². The Bertz CT molecular complexity index is 247. The van der Waals surface area contributed by atoms with Gasteiger partial charge < -0.3 is 19.7 Å². The molecule has 1 fully saturated rings. The van der Waals surface area contributed by atoms with Crippen LogP contribution in [0.15, 0.2) is 0 Å². The summed E-state index contributed by atoms with van der Waals surface area (Å²) in [6, 6.07) is 0. The highest BCUT2D eigenvalue weighted by atomic mass is 16.7. The summed E-state index contributed by atoms with van der Waals surface area (Å²) >= 11 is 0. The van der Waals surface area contributed by atoms with Crippen LogP contribution in [-0.4, -0.2) is 40.9 Å². The van der Waals surface area contributed by atoms with Crippen LogP contribution in [0.1, 0.15) is 72.1 Å². The maximum absolute atomic E-state index is 9.86. The Morgan fingerprint density at radius 3 is 2.45 bits per heavy atom. The first-order valence-corrected chi connectivity index (χ1v) is 8.21. The molecule has 0 aromatic rings. The monoisotopic (exact) mass is 288 g/mol. The topological polar surface area (TPSA) is 58.9 Å². The molecule has 1 aliphatic rings. The average Bonchev–Trinajstić information content (AvgIpc) is 2.40. The number of aliphatic hydroxyl groups excluding tert-OH is 2. The molecule has 0 radical (unpaired) electrons. The second-order valence-corrected chi connectivity index (χ2v) is 6.08. The molecule has 1 heterocycles. The largest absolute Gasteiger partial charge is 0.390 e. The van der Waals surface area contributed by atoms with Gasteiger partial charge in [0.05, 0.1) is 18.3 Å². The molecule has 0 spiro atoms. The lowest BCUT2D eigenvalue weighted by Gasteiger charge is -2.36. The normalized spacial score (nSPS) is 32.2. The maximum atomic E-state index is 9.86. The van der Waals surface area contributed by atoms with Crippen LogP contribution in [0.2, 0.25) is 0 Å². The Morgan fingerprint density at radius 2 is 1.75 bits per heavy atom. The van der Waals surface area contributed by atoms with E-state index in [-0.39, 0.29) is 12.2 Å². The average molecular weight is 288 g/mol. The first-order valence-electron chi connectivity index (χ1n) is 8.21. The van der Waals surface area contributed by atoms with Crippen molar-refractivity contribution in [3.05, 3.63) is 0 Å². The highest BCUT2D eigenvalue weighted by Gasteiger charge is 2.35. The lowest BCUT2D eigenvalue weighted by molar-refractivity contribution is -0.273. The van der Waals surface area contributed by atoms with E-state index < -0.39 is 18.5 Å². The van der Waals surface area contributed by atoms with Gasteiger partial charge in [-0.05, 0) is 20.3 Å². The summed E-state index contributed by atoms with van der Waals surface area (Å²) in [5, 5.41) is 19.5. The molecular formula is C16H32O4. The van der Waals surface area contributed by atoms with Crippen molar-refractivity contribution in [2.75, 3.05) is 0 Å². The fourth-order valence-corrected chi connectivity index (χ4v) is 2.58. The van der Waals surface area contributed by atoms with Crippen molar-refractivity contribution in [3.63, 3.8) is 0 Å². The Hall–Kier alpha value is -0.160. The summed E-state index contributed by atoms with van der Waals surface area (Å²) in [6.45, 7) is 6.06. The first kappa shape index (κ1) is 17.9. The van der Waals surface area contributed by atoms with Crippen molar-refractivity contribution in [2.24, 2.45) is 0 Å². The third-order valence-corrected chi connectivity index (χ3v) is 4.02. The lowest BCUT2D eigenvalue weighted by atomic mass is 10.0. The molecular weight excluding hydrogens is 256 g/mol. The van der Waals surface area contributed by atoms with Crippen LogP contribution in [-0.2, 0) is 9.47 Å². The van der Waals surface area contributed by atoms with Crippen molar-refractivity contribution in [2.45, 2.75) is 103 Å². The Balaban J connectivity index is 2.13. The molecule has 5 atom stereocenters. The molecule has 2 N–H and O–H groups in total. The van der Waals surface area contributed by atoms with Crippen LogP contribution in [0.4, 0.5) is 0 Å². The second kappa shape index (κ2) is 9.72. The standard InChI is InChI=1S/C16H32O4/c1-4-5-6-7-8-9-10-12(2)19-16-15(18)11-14(17)13(3)20-16/h12-18H,4-11H2,1-3H3/t12-,13?,14?,15?,16?/m1/s1. The van der Waals surface area contributed by atoms with Gasteiger partial charge >= 0.3 is 0 Å². The maximum Gasteiger partial charge on any atom is 0.184 e. The van der Waals surface area contributed by atoms with Crippen molar-refractivity contribution >= 4 is 0 Å². The molecule has 0 saturated carbocycles. The summed E-state index contributed by atoms with van der Waals surface area (Å²) in [7, 11) is 0. The van der Waals surface area contributed by atoms with Crippen LogP contribution in [0.25, 0.3) is 0 Å². The van der Waals surface area contributed by atoms with Crippen LogP contribution >= 0.6 is 0 Å². The molecule has 0 aromatic carbocycles. The summed E-state index contributed by atoms with van der Waals surface area (Å²) in [6.07, 6.45) is 6.85. The summed E-state index contributed by atoms with van der Waals surface area (Å²) in [5.41, 5.74) is 0. The van der Waals surface area contributed by atoms with Crippen molar-refractivity contribution in [3.8, 4) is 0 Å². The molecule has 20 heavy (non-hydrogen) atoms. The lowest BCUT2D eigenvalue weighted by Crippen LogP contribution is -2.48. The molecule has 0 aromatic heterocycles. The quantitative estimate of drug-likeness (QED) is 0.640. The number of rotatable bonds is 9. The van der Waals surface area contributed by atoms with E-state index in [2.05, 4.69) is 6.92 Å². The van der Waals surface area contributed by atoms with E-state index in [4.69, 9.17) is 9.47 Å². The van der Waals surface area contributed by atoms with E-state index in [1.54, 1.807) is 0 Å². The van der Waals surface area contributed by atoms with E-state index in [1.165, 1.54) is 32.1 Å². The van der Waals surface area contributed by atoms with Crippen molar-refractivity contribution in [1.82, 2.24) is 0 Å². The molecule has 4 unspecified atom stereocenters. The molecule has 4 heteroatoms. The zero-order valence-electron chi connectivity index (χ0n) is 13.3. The van der Waals surface area contributed by atoms with Gasteiger partial charge in [0.25, 0.3) is 0 Å². The molecule has 120 valence electrons. The van der Waals surface area contributed by atoms with E-state index >= 15 is 0 Å². The first-order chi connectivity index (χ1) is 9.54. The van der Waals surface area contributed by atoms with Crippen LogP contribution < -0.4 is 0 Å². The van der Waals surface area contributed by atoms with Gasteiger partial charge in [0, 0.05) is 6.42 Å². The molecule has 0 aliphatic carbocycles. The number of hydrogen-bond acceptors (Lipinski definition) is 4. The molecule has 0 bridgehead atoms. The minimum atomic E-state index is -0.729. The van der Waals surface area contributed by atoms with E-state index in [9.17, 15) is 10.2 Å². The zero-order valence-corrected chi connectivity index (χ0v) is 13.3. The fourth-order valence-electron chi connectivity index (χ4n) is 2.58. The van der Waals surface area contributed by atoms with Gasteiger partial charge in [0.1, 0.15) is 6.10 Å². The summed E-state index contributed by atoms with van der Waals surface area (Å²) in [4.78, 5) is 0. The number of ether oxygens (including phenoxy) is 2. The highest BCUT2D eigenvalue weighted by molar-refractivity contribution is 4.78. The van der Waals surface area contributed by atoms with E-state index in [0.29, 0.717) is 6.42 Å². The molecule has 1 rings (SSSR count). The van der Waals surface area contributed by atoms with Crippen LogP contribution in [0.5, 0.6) is 0 Å². The smallest absolute Gasteiger partial charge is 0.184 e. The minimum Gasteiger partial charge on any atom is -0.390 e. The number of unbranched alkanes of at least 4 members (excludes halogenated alkanes) is 5. The molecule has 4 nitrogen and oxygen atoms in total. The van der Waals surface area contributed by atoms with E-state index in [0.717, 1.165) is 12.8 Å². The van der Waals surface area contributed by atoms with Crippen molar-refractivity contribution < 1.29 is 19.7 Å². The predicted molar refractivity (Wildman–Crippen MR) is 79.5 cm³/mol. The summed E-state index contributed by atoms with van der Waals surface area (Å²) < 4.78 is 11.3. The SMILES string of the molecule is CCCCCCCC[C@@H](C)OC1OC(C)C(O)CC1O. The Kier molecular flexibility index (Phi) is 8.69. The van der Waals surface area contributed by atoms with Gasteiger partial charge in [0.2, 0.25) is 0 Å². The Labute approximate surface area is 123 Å². The minimum absolute atomic E-state index is 0.0864. The van der Waals surface area contributed by atoms with Crippen LogP contribution in [0, 0.1) is 0 Å². The molecule has 1 saturated heterocycles. The van der Waals surface area contributed by atoms with Crippen LogP contribution in [0.3, 0.4) is 0 Å². The second-order valence-electron chi connectivity index (χ2n) is 6.08. The van der Waals surface area contributed by atoms with E-state index in [1.807, 2.05) is 13.8 Å². The summed E-state index contributed by atoms with van der Waals surface area (Å²) in [5.74, 6) is 0. The Morgan fingerprint density at radius 1 is 1.10 bits per heavy atom. The van der Waals surface area contributed by atoms with Gasteiger partial charge in [-0.1, -0.05) is 45.4 Å². The van der Waals surface area contributed by atoms with Crippen molar-refractivity contribution in [1.29, 1.82) is 0 Å². The molecule has 0 amide bonds. The third kappa shape index (κ3) is 6.53. The number of hydrogen-bond donors (Lipinski definition) is 2. The zero-order chi connectivity index (χ0) is 15.0. The van der Waals surface area contributed by atoms with Gasteiger partial charge in [-0.25, -0.2) is 0 Å². The predicted octanol–water partition coefficient (Wildman–Crippen LogP) is 3.00. The van der Waals surface area contributed by atoms with Gasteiger partial charge in [-0.3, -0.25) is 0 Å². The molecule has 1 aliphatic heterocycles. The fraction of sp³-hybridized carbons (Fsp3) is 1.00. The van der Waals surface area contributed by atoms with Gasteiger partial charge in [0.15, 0.2) is 6.29 Å². The highest BCUT2D eigenvalue weighted by Crippen LogP contribution is 2.23. The third-order valence-electron chi connectivity index (χ3n) is 4.02. The number of aliphatic hydroxyl groups is 2.